The highest BCUT2D eigenvalue weighted by molar-refractivity contribution is 5.97. The van der Waals surface area contributed by atoms with Crippen LogP contribution in [0.5, 0.6) is 0 Å². The van der Waals surface area contributed by atoms with E-state index in [1.807, 2.05) is 6.07 Å². The summed E-state index contributed by atoms with van der Waals surface area (Å²) in [5, 5.41) is 6.90. The molecule has 0 spiro atoms. The highest BCUT2D eigenvalue weighted by Crippen LogP contribution is 2.37. The van der Waals surface area contributed by atoms with Crippen LogP contribution in [0.1, 0.15) is 38.8 Å². The third-order valence-electron chi connectivity index (χ3n) is 4.79. The Bertz CT molecular complexity index is 903. The van der Waals surface area contributed by atoms with Gasteiger partial charge in [-0.15, -0.1) is 0 Å². The van der Waals surface area contributed by atoms with Crippen LogP contribution in [-0.4, -0.2) is 44.5 Å². The molecule has 1 fully saturated rings. The van der Waals surface area contributed by atoms with E-state index in [4.69, 9.17) is 4.74 Å². The Kier molecular flexibility index (Phi) is 5.67. The average molecular weight is 399 g/mol. The van der Waals surface area contributed by atoms with Gasteiger partial charge in [-0.05, 0) is 32.4 Å². The van der Waals surface area contributed by atoms with Gasteiger partial charge >= 0.3 is 5.97 Å². The number of pyridine rings is 1. The fourth-order valence-electron chi connectivity index (χ4n) is 3.19. The van der Waals surface area contributed by atoms with Gasteiger partial charge < -0.3 is 15.0 Å². The molecule has 9 nitrogen and oxygen atoms in total. The van der Waals surface area contributed by atoms with Crippen molar-refractivity contribution in [2.75, 3.05) is 12.4 Å². The second kappa shape index (κ2) is 8.02. The third kappa shape index (κ3) is 4.61. The zero-order chi connectivity index (χ0) is 21.2. The van der Waals surface area contributed by atoms with Crippen LogP contribution in [0.25, 0.3) is 0 Å². The van der Waals surface area contributed by atoms with Crippen molar-refractivity contribution in [1.82, 2.24) is 19.7 Å². The Balaban J connectivity index is 1.66. The normalized spacial score (nSPS) is 19.3. The zero-order valence-corrected chi connectivity index (χ0v) is 17.0. The van der Waals surface area contributed by atoms with E-state index in [-0.39, 0.29) is 37.0 Å². The molecule has 9 heteroatoms. The number of likely N-dealkylation sites (tertiary alicyclic amines) is 1. The maximum atomic E-state index is 12.9. The summed E-state index contributed by atoms with van der Waals surface area (Å²) in [5.41, 5.74) is 0.673. The molecule has 1 saturated heterocycles. The van der Waals surface area contributed by atoms with Crippen molar-refractivity contribution in [2.45, 2.75) is 40.0 Å². The fourth-order valence-corrected chi connectivity index (χ4v) is 3.19. The van der Waals surface area contributed by atoms with Crippen LogP contribution < -0.4 is 5.32 Å². The lowest BCUT2D eigenvalue weighted by atomic mass is 9.94. The van der Waals surface area contributed by atoms with E-state index in [0.717, 1.165) is 5.56 Å². The summed E-state index contributed by atoms with van der Waals surface area (Å²) >= 11 is 0. The Morgan fingerprint density at radius 1 is 1.31 bits per heavy atom. The van der Waals surface area contributed by atoms with Crippen molar-refractivity contribution < 1.29 is 19.1 Å². The van der Waals surface area contributed by atoms with Crippen LogP contribution in [0.3, 0.4) is 0 Å². The quantitative estimate of drug-likeness (QED) is 0.771. The molecule has 0 bridgehead atoms. The van der Waals surface area contributed by atoms with Gasteiger partial charge in [-0.1, -0.05) is 6.07 Å². The van der Waals surface area contributed by atoms with Gasteiger partial charge in [-0.3, -0.25) is 19.4 Å². The topological polar surface area (TPSA) is 106 Å². The van der Waals surface area contributed by atoms with E-state index >= 15 is 0 Å². The fraction of sp³-hybridized carbons (Fsp3) is 0.450. The van der Waals surface area contributed by atoms with Gasteiger partial charge in [0.1, 0.15) is 0 Å². The lowest BCUT2D eigenvalue weighted by Crippen LogP contribution is -2.30. The Morgan fingerprint density at radius 2 is 2.07 bits per heavy atom. The van der Waals surface area contributed by atoms with E-state index in [2.05, 4.69) is 15.4 Å². The summed E-state index contributed by atoms with van der Waals surface area (Å²) in [4.78, 5) is 42.6. The van der Waals surface area contributed by atoms with E-state index < -0.39 is 11.3 Å². The number of hydrogen-bond acceptors (Lipinski definition) is 6. The van der Waals surface area contributed by atoms with Crippen molar-refractivity contribution in [1.29, 1.82) is 0 Å². The first-order valence-electron chi connectivity index (χ1n) is 9.33. The molecule has 2 atom stereocenters. The molecule has 1 aliphatic heterocycles. The molecule has 0 aromatic carbocycles. The van der Waals surface area contributed by atoms with E-state index in [1.165, 1.54) is 10.9 Å². The molecule has 154 valence electrons. The van der Waals surface area contributed by atoms with Gasteiger partial charge in [0.25, 0.3) is 0 Å². The molecule has 0 aliphatic carbocycles. The van der Waals surface area contributed by atoms with Crippen LogP contribution in [0.4, 0.5) is 5.69 Å². The number of rotatable bonds is 5. The molecule has 1 aliphatic rings. The van der Waals surface area contributed by atoms with Crippen molar-refractivity contribution in [3.63, 3.8) is 0 Å². The smallest absolute Gasteiger partial charge is 0.313 e. The van der Waals surface area contributed by atoms with Crippen LogP contribution in [0, 0.1) is 11.3 Å². The first kappa shape index (κ1) is 20.5. The molecule has 0 saturated carbocycles. The number of carbonyl (C=O) groups is 3. The van der Waals surface area contributed by atoms with E-state index in [1.54, 1.807) is 57.4 Å². The molecule has 29 heavy (non-hydrogen) atoms. The summed E-state index contributed by atoms with van der Waals surface area (Å²) < 4.78 is 6.62. The van der Waals surface area contributed by atoms with Crippen molar-refractivity contribution in [3.8, 4) is 0 Å². The van der Waals surface area contributed by atoms with Crippen LogP contribution >= 0.6 is 0 Å². The van der Waals surface area contributed by atoms with Gasteiger partial charge in [0, 0.05) is 25.9 Å². The second-order valence-electron chi connectivity index (χ2n) is 8.12. The Labute approximate surface area is 169 Å². The third-order valence-corrected chi connectivity index (χ3v) is 4.79. The number of ether oxygens (including phenoxy) is 1. The lowest BCUT2D eigenvalue weighted by Gasteiger charge is -2.24. The molecule has 3 heterocycles. The van der Waals surface area contributed by atoms with Crippen LogP contribution in [0.15, 0.2) is 36.9 Å². The summed E-state index contributed by atoms with van der Waals surface area (Å²) in [5.74, 6) is -1.25. The molecule has 0 radical (unpaired) electrons. The van der Waals surface area contributed by atoms with Gasteiger partial charge in [-0.2, -0.15) is 5.10 Å². The van der Waals surface area contributed by atoms with Crippen LogP contribution in [-0.2, 0) is 25.9 Å². The largest absolute Gasteiger partial charge is 0.442 e. The molecular weight excluding hydrogens is 374 g/mol. The predicted octanol–water partition coefficient (Wildman–Crippen LogP) is 1.98. The molecule has 2 amide bonds. The highest BCUT2D eigenvalue weighted by Gasteiger charge is 2.42. The molecule has 2 aromatic rings. The van der Waals surface area contributed by atoms with E-state index in [0.29, 0.717) is 5.69 Å². The number of amides is 2. The maximum Gasteiger partial charge on any atom is 0.313 e. The van der Waals surface area contributed by atoms with Gasteiger partial charge in [0.2, 0.25) is 11.8 Å². The number of aromatic nitrogens is 3. The summed E-state index contributed by atoms with van der Waals surface area (Å²) in [6.45, 7) is 5.25. The minimum absolute atomic E-state index is 0.0467. The summed E-state index contributed by atoms with van der Waals surface area (Å²) in [6, 6.07) is 3.26. The van der Waals surface area contributed by atoms with E-state index in [9.17, 15) is 14.4 Å². The van der Waals surface area contributed by atoms with Gasteiger partial charge in [-0.25, -0.2) is 4.68 Å². The number of nitrogens with zero attached hydrogens (tertiary/aromatic N) is 4. The minimum atomic E-state index is -0.605. The average Bonchev–Trinajstić information content (AvgIpc) is 3.24. The van der Waals surface area contributed by atoms with Gasteiger partial charge in [0.05, 0.1) is 35.5 Å². The first-order valence-corrected chi connectivity index (χ1v) is 9.33. The minimum Gasteiger partial charge on any atom is -0.442 e. The summed E-state index contributed by atoms with van der Waals surface area (Å²) in [6.07, 6.45) is 6.49. The Hall–Kier alpha value is -3.23. The summed E-state index contributed by atoms with van der Waals surface area (Å²) in [7, 11) is 1.69. The monoisotopic (exact) mass is 399 g/mol. The molecule has 3 rings (SSSR count). The number of esters is 1. The molecule has 2 aromatic heterocycles. The second-order valence-corrected chi connectivity index (χ2v) is 8.12. The number of carbonyl (C=O) groups excluding carboxylic acids is 3. The standard InChI is InChI=1S/C20H25N5O4/c1-20(2,3)19(28)29-12-25-11-14(10-22-25)23-18(27)15-8-16(26)24(4)17(15)13-6-5-7-21-9-13/h5-7,9-11,15,17H,8,12H2,1-4H3,(H,23,27). The van der Waals surface area contributed by atoms with Crippen LogP contribution in [0.2, 0.25) is 0 Å². The molecular formula is C20H25N5O4. The molecule has 1 N–H and O–H groups in total. The zero-order valence-electron chi connectivity index (χ0n) is 17.0. The number of nitrogens with one attached hydrogen (secondary N) is 1. The number of anilines is 1. The SMILES string of the molecule is CN1C(=O)CC(C(=O)Nc2cnn(COC(=O)C(C)(C)C)c2)C1c1cccnc1. The van der Waals surface area contributed by atoms with Crippen molar-refractivity contribution >= 4 is 23.5 Å². The maximum absolute atomic E-state index is 12.9. The van der Waals surface area contributed by atoms with Crippen molar-refractivity contribution in [2.24, 2.45) is 11.3 Å². The predicted molar refractivity (Wildman–Crippen MR) is 104 cm³/mol. The lowest BCUT2D eigenvalue weighted by molar-refractivity contribution is -0.157. The molecule has 2 unspecified atom stereocenters. The number of hydrogen-bond donors (Lipinski definition) is 1. The first-order chi connectivity index (χ1) is 13.7. The Morgan fingerprint density at radius 3 is 2.72 bits per heavy atom. The highest BCUT2D eigenvalue weighted by atomic mass is 16.5. The van der Waals surface area contributed by atoms with Crippen molar-refractivity contribution in [3.05, 3.63) is 42.5 Å². The van der Waals surface area contributed by atoms with Gasteiger partial charge in [0.15, 0.2) is 6.73 Å².